The maximum atomic E-state index is 14.6. The Labute approximate surface area is 157 Å². The van der Waals surface area contributed by atoms with Gasteiger partial charge >= 0.3 is 6.18 Å². The van der Waals surface area contributed by atoms with Crippen LogP contribution in [0.3, 0.4) is 0 Å². The van der Waals surface area contributed by atoms with Crippen molar-refractivity contribution in [1.29, 1.82) is 0 Å². The summed E-state index contributed by atoms with van der Waals surface area (Å²) in [6.07, 6.45) is -4.12. The second-order valence-electron chi connectivity index (χ2n) is 6.19. The van der Waals surface area contributed by atoms with Gasteiger partial charge in [-0.05, 0) is 37.3 Å². The molecule has 0 spiro atoms. The van der Waals surface area contributed by atoms with Crippen LogP contribution in [0.2, 0.25) is 0 Å². The minimum absolute atomic E-state index is 0.197. The van der Waals surface area contributed by atoms with Crippen molar-refractivity contribution in [3.8, 4) is 16.9 Å². The second-order valence-corrected chi connectivity index (χ2v) is 8.18. The number of aryl methyl sites for hydroxylation is 1. The lowest BCUT2D eigenvalue weighted by atomic mass is 10.1. The van der Waals surface area contributed by atoms with Gasteiger partial charge in [0.05, 0.1) is 11.4 Å². The van der Waals surface area contributed by atoms with Crippen LogP contribution in [-0.2, 0) is 16.0 Å². The van der Waals surface area contributed by atoms with Gasteiger partial charge < -0.3 is 0 Å². The number of hydrogen-bond acceptors (Lipinski definition) is 3. The predicted octanol–water partition coefficient (Wildman–Crippen LogP) is 4.55. The average molecular weight is 416 g/mol. The van der Waals surface area contributed by atoms with Crippen molar-refractivity contribution in [3.63, 3.8) is 0 Å². The molecular weight excluding hydrogens is 403 g/mol. The molecule has 0 aliphatic carbocycles. The molecule has 0 unspecified atom stereocenters. The summed E-state index contributed by atoms with van der Waals surface area (Å²) >= 11 is 0. The molecule has 1 aromatic heterocycles. The van der Waals surface area contributed by atoms with Crippen molar-refractivity contribution >= 4 is 9.84 Å². The van der Waals surface area contributed by atoms with Gasteiger partial charge in [0.15, 0.2) is 15.5 Å². The van der Waals surface area contributed by atoms with Gasteiger partial charge in [0.2, 0.25) is 0 Å². The Kier molecular flexibility index (Phi) is 4.78. The van der Waals surface area contributed by atoms with E-state index in [1.54, 1.807) is 19.1 Å². The van der Waals surface area contributed by atoms with Crippen LogP contribution in [0.15, 0.2) is 47.4 Å². The monoisotopic (exact) mass is 416 g/mol. The fourth-order valence-corrected chi connectivity index (χ4v) is 3.33. The Bertz CT molecular complexity index is 1150. The van der Waals surface area contributed by atoms with E-state index in [2.05, 4.69) is 5.10 Å². The van der Waals surface area contributed by atoms with Crippen LogP contribution in [0.1, 0.15) is 11.3 Å². The van der Waals surface area contributed by atoms with E-state index in [0.717, 1.165) is 10.2 Å². The molecule has 0 saturated heterocycles. The number of halogens is 5. The van der Waals surface area contributed by atoms with Crippen LogP contribution >= 0.6 is 0 Å². The van der Waals surface area contributed by atoms with Gasteiger partial charge in [0, 0.05) is 11.8 Å². The molecular formula is C18H13F5N2O2S. The second kappa shape index (κ2) is 6.69. The number of benzene rings is 2. The lowest BCUT2D eigenvalue weighted by molar-refractivity contribution is -0.141. The van der Waals surface area contributed by atoms with Crippen molar-refractivity contribution < 1.29 is 30.4 Å². The molecule has 0 N–H and O–H groups in total. The van der Waals surface area contributed by atoms with Gasteiger partial charge in [-0.3, -0.25) is 0 Å². The van der Waals surface area contributed by atoms with E-state index in [-0.39, 0.29) is 11.4 Å². The van der Waals surface area contributed by atoms with Crippen molar-refractivity contribution in [1.82, 2.24) is 9.78 Å². The number of rotatable bonds is 3. The molecule has 3 aromatic rings. The van der Waals surface area contributed by atoms with Crippen molar-refractivity contribution in [2.45, 2.75) is 18.0 Å². The number of sulfone groups is 1. The summed E-state index contributed by atoms with van der Waals surface area (Å²) in [5.74, 6) is -2.46. The van der Waals surface area contributed by atoms with Crippen molar-refractivity contribution in [2.24, 2.45) is 0 Å². The molecule has 0 saturated carbocycles. The van der Waals surface area contributed by atoms with E-state index in [1.807, 2.05) is 0 Å². The predicted molar refractivity (Wildman–Crippen MR) is 91.8 cm³/mol. The third-order valence-electron chi connectivity index (χ3n) is 3.98. The van der Waals surface area contributed by atoms with Gasteiger partial charge in [0.1, 0.15) is 16.5 Å². The third kappa shape index (κ3) is 3.77. The molecule has 28 heavy (non-hydrogen) atoms. The molecule has 0 aliphatic heterocycles. The molecule has 10 heteroatoms. The molecule has 0 atom stereocenters. The van der Waals surface area contributed by atoms with E-state index >= 15 is 0 Å². The van der Waals surface area contributed by atoms with E-state index in [9.17, 15) is 30.4 Å². The minimum Gasteiger partial charge on any atom is -0.232 e. The maximum absolute atomic E-state index is 14.6. The molecule has 0 bridgehead atoms. The summed E-state index contributed by atoms with van der Waals surface area (Å²) < 4.78 is 92.2. The van der Waals surface area contributed by atoms with E-state index in [1.165, 1.54) is 12.1 Å². The zero-order valence-electron chi connectivity index (χ0n) is 14.6. The largest absolute Gasteiger partial charge is 0.435 e. The Morgan fingerprint density at radius 2 is 1.57 bits per heavy atom. The van der Waals surface area contributed by atoms with E-state index in [4.69, 9.17) is 0 Å². The highest BCUT2D eigenvalue weighted by Crippen LogP contribution is 2.35. The Balaban J connectivity index is 2.28. The first-order chi connectivity index (χ1) is 12.9. The quantitative estimate of drug-likeness (QED) is 0.589. The summed E-state index contributed by atoms with van der Waals surface area (Å²) in [5.41, 5.74) is -1.18. The van der Waals surface area contributed by atoms with Gasteiger partial charge in [-0.15, -0.1) is 0 Å². The fourth-order valence-electron chi connectivity index (χ4n) is 2.60. The van der Waals surface area contributed by atoms with Gasteiger partial charge in [-0.2, -0.15) is 18.3 Å². The molecule has 3 rings (SSSR count). The first-order valence-electron chi connectivity index (χ1n) is 7.81. The zero-order valence-corrected chi connectivity index (χ0v) is 15.4. The lowest BCUT2D eigenvalue weighted by Gasteiger charge is -2.10. The lowest BCUT2D eigenvalue weighted by Crippen LogP contribution is -2.07. The molecule has 0 radical (unpaired) electrons. The van der Waals surface area contributed by atoms with Crippen LogP contribution < -0.4 is 0 Å². The molecule has 0 amide bonds. The highest BCUT2D eigenvalue weighted by Gasteiger charge is 2.36. The highest BCUT2D eigenvalue weighted by molar-refractivity contribution is 7.90. The Morgan fingerprint density at radius 1 is 0.964 bits per heavy atom. The number of alkyl halides is 3. The average Bonchev–Trinajstić information content (AvgIpc) is 3.01. The highest BCUT2D eigenvalue weighted by atomic mass is 32.2. The standard InChI is InChI=1S/C18H13F5N2O2S/c1-10-3-5-11(6-4-10)25-15(9-17(24-25)18(21,22)23)12-7-14(20)16(8-13(12)19)28(2,26)27/h3-9H,1-2H3. The molecule has 0 aliphatic rings. The number of nitrogens with zero attached hydrogens (tertiary/aromatic N) is 2. The van der Waals surface area contributed by atoms with Crippen LogP contribution in [0, 0.1) is 18.6 Å². The summed E-state index contributed by atoms with van der Waals surface area (Å²) in [5, 5.41) is 3.48. The zero-order chi connectivity index (χ0) is 20.9. The first-order valence-corrected chi connectivity index (χ1v) is 9.71. The van der Waals surface area contributed by atoms with Crippen LogP contribution in [0.5, 0.6) is 0 Å². The Morgan fingerprint density at radius 3 is 2.11 bits per heavy atom. The third-order valence-corrected chi connectivity index (χ3v) is 5.09. The van der Waals surface area contributed by atoms with E-state index in [0.29, 0.717) is 24.5 Å². The summed E-state index contributed by atoms with van der Waals surface area (Å²) in [6, 6.07) is 7.77. The van der Waals surface area contributed by atoms with E-state index < -0.39 is 43.8 Å². The molecule has 2 aromatic carbocycles. The fraction of sp³-hybridized carbons (Fsp3) is 0.167. The smallest absolute Gasteiger partial charge is 0.232 e. The molecule has 148 valence electrons. The topological polar surface area (TPSA) is 52.0 Å². The molecule has 1 heterocycles. The summed E-state index contributed by atoms with van der Waals surface area (Å²) in [7, 11) is -4.06. The van der Waals surface area contributed by atoms with Gasteiger partial charge in [-0.1, -0.05) is 17.7 Å². The van der Waals surface area contributed by atoms with Crippen molar-refractivity contribution in [2.75, 3.05) is 6.26 Å². The first kappa shape index (κ1) is 20.0. The summed E-state index contributed by atoms with van der Waals surface area (Å²) in [6.45, 7) is 1.77. The van der Waals surface area contributed by atoms with Crippen LogP contribution in [0.25, 0.3) is 16.9 Å². The minimum atomic E-state index is -4.81. The normalized spacial score (nSPS) is 12.4. The van der Waals surface area contributed by atoms with Gasteiger partial charge in [0.25, 0.3) is 0 Å². The van der Waals surface area contributed by atoms with Gasteiger partial charge in [-0.25, -0.2) is 21.9 Å². The van der Waals surface area contributed by atoms with Crippen LogP contribution in [0.4, 0.5) is 22.0 Å². The van der Waals surface area contributed by atoms with Crippen LogP contribution in [-0.4, -0.2) is 24.5 Å². The SMILES string of the molecule is Cc1ccc(-n2nc(C(F)(F)F)cc2-c2cc(F)c(S(C)(=O)=O)cc2F)cc1. The maximum Gasteiger partial charge on any atom is 0.435 e. The molecule has 4 nitrogen and oxygen atoms in total. The number of aromatic nitrogens is 2. The number of hydrogen-bond donors (Lipinski definition) is 0. The molecule has 0 fully saturated rings. The summed E-state index contributed by atoms with van der Waals surface area (Å²) in [4.78, 5) is -0.883. The Hall–Kier alpha value is -2.75. The van der Waals surface area contributed by atoms with Crippen molar-refractivity contribution in [3.05, 3.63) is 65.4 Å².